The number of carbonyl (C=O) groups is 2. The molecular weight excluding hydrogens is 384 g/mol. The Morgan fingerprint density at radius 2 is 1.70 bits per heavy atom. The van der Waals surface area contributed by atoms with Gasteiger partial charge in [-0.05, 0) is 62.1 Å². The van der Waals surface area contributed by atoms with Crippen molar-refractivity contribution in [2.24, 2.45) is 0 Å². The molecule has 6 heteroatoms. The van der Waals surface area contributed by atoms with E-state index < -0.39 is 23.1 Å². The highest BCUT2D eigenvalue weighted by Crippen LogP contribution is 2.43. The lowest BCUT2D eigenvalue weighted by atomic mass is 9.80. The van der Waals surface area contributed by atoms with Gasteiger partial charge >= 0.3 is 5.97 Å². The Morgan fingerprint density at radius 1 is 1.03 bits per heavy atom. The minimum atomic E-state index is -1.71. The lowest BCUT2D eigenvalue weighted by molar-refractivity contribution is -0.155. The number of Topliss-reactive ketones (excluding diaryl/α,β-unsaturated/α-hetero) is 1. The van der Waals surface area contributed by atoms with E-state index in [0.29, 0.717) is 23.1 Å². The quantitative estimate of drug-likeness (QED) is 0.493. The maximum atomic E-state index is 12.8. The van der Waals surface area contributed by atoms with Gasteiger partial charge in [0.1, 0.15) is 11.5 Å². The van der Waals surface area contributed by atoms with Gasteiger partial charge in [0, 0.05) is 6.42 Å². The second kappa shape index (κ2) is 8.06. The van der Waals surface area contributed by atoms with Crippen molar-refractivity contribution in [2.75, 3.05) is 0 Å². The zero-order chi connectivity index (χ0) is 22.1. The van der Waals surface area contributed by atoms with Crippen LogP contribution in [-0.2, 0) is 27.2 Å². The molecule has 0 bridgehead atoms. The summed E-state index contributed by atoms with van der Waals surface area (Å²) in [5.41, 5.74) is 1.21. The van der Waals surface area contributed by atoms with Crippen LogP contribution in [0.25, 0.3) is 5.57 Å². The van der Waals surface area contributed by atoms with Crippen molar-refractivity contribution in [1.29, 1.82) is 0 Å². The zero-order valence-corrected chi connectivity index (χ0v) is 17.1. The van der Waals surface area contributed by atoms with E-state index in [1.807, 2.05) is 19.9 Å². The van der Waals surface area contributed by atoms with Gasteiger partial charge < -0.3 is 20.1 Å². The van der Waals surface area contributed by atoms with Gasteiger partial charge in [-0.3, -0.25) is 4.79 Å². The average Bonchev–Trinajstić information content (AvgIpc) is 2.94. The number of aromatic hydroxyl groups is 2. The van der Waals surface area contributed by atoms with Crippen LogP contribution in [0.1, 0.15) is 37.5 Å². The number of hydrogen-bond donors (Lipinski definition) is 3. The summed E-state index contributed by atoms with van der Waals surface area (Å²) in [6.07, 6.45) is 2.49. The van der Waals surface area contributed by atoms with Crippen molar-refractivity contribution in [3.05, 3.63) is 76.6 Å². The SMILES string of the molecule is CC(=O)[C@]1(Cc2ccc(O)c(CC=C(C)C)c2)OC(=O)C(O)=C1c1ccc(O)cc1. The van der Waals surface area contributed by atoms with Gasteiger partial charge in [0.05, 0.1) is 5.57 Å². The molecule has 0 saturated heterocycles. The van der Waals surface area contributed by atoms with Crippen LogP contribution in [0.15, 0.2) is 59.9 Å². The molecule has 0 saturated carbocycles. The number of hydrogen-bond acceptors (Lipinski definition) is 6. The third-order valence-corrected chi connectivity index (χ3v) is 5.15. The van der Waals surface area contributed by atoms with Crippen LogP contribution in [0.3, 0.4) is 0 Å². The van der Waals surface area contributed by atoms with Gasteiger partial charge in [-0.15, -0.1) is 0 Å². The predicted octanol–water partition coefficient (Wildman–Crippen LogP) is 4.00. The summed E-state index contributed by atoms with van der Waals surface area (Å²) in [5, 5.41) is 30.2. The first kappa shape index (κ1) is 21.2. The summed E-state index contributed by atoms with van der Waals surface area (Å²) in [6, 6.07) is 10.8. The molecule has 30 heavy (non-hydrogen) atoms. The molecule has 1 aliphatic heterocycles. The molecule has 0 amide bonds. The minimum absolute atomic E-state index is 0.00353. The molecule has 0 radical (unpaired) electrons. The summed E-state index contributed by atoms with van der Waals surface area (Å²) in [5.74, 6) is -1.90. The van der Waals surface area contributed by atoms with Crippen molar-refractivity contribution in [1.82, 2.24) is 0 Å². The number of ether oxygens (including phenoxy) is 1. The number of carbonyl (C=O) groups excluding carboxylic acids is 2. The van der Waals surface area contributed by atoms with Crippen LogP contribution in [0, 0.1) is 0 Å². The third kappa shape index (κ3) is 3.94. The third-order valence-electron chi connectivity index (χ3n) is 5.15. The molecule has 0 spiro atoms. The Balaban J connectivity index is 2.08. The molecular formula is C24H24O6. The highest BCUT2D eigenvalue weighted by Gasteiger charge is 2.52. The number of benzene rings is 2. The molecule has 0 unspecified atom stereocenters. The fraction of sp³-hybridized carbons (Fsp3) is 0.250. The number of esters is 1. The second-order valence-electron chi connectivity index (χ2n) is 7.67. The Labute approximate surface area is 174 Å². The summed E-state index contributed by atoms with van der Waals surface area (Å²) in [4.78, 5) is 25.0. The molecule has 2 aromatic rings. The van der Waals surface area contributed by atoms with Crippen LogP contribution in [0.4, 0.5) is 0 Å². The number of allylic oxidation sites excluding steroid dienone is 2. The van der Waals surface area contributed by atoms with Gasteiger partial charge in [0.2, 0.25) is 11.4 Å². The highest BCUT2D eigenvalue weighted by atomic mass is 16.6. The second-order valence-corrected chi connectivity index (χ2v) is 7.67. The van der Waals surface area contributed by atoms with Gasteiger partial charge in [-0.25, -0.2) is 4.79 Å². The van der Waals surface area contributed by atoms with Crippen molar-refractivity contribution in [3.63, 3.8) is 0 Å². The first-order chi connectivity index (χ1) is 14.1. The molecule has 0 fully saturated rings. The number of phenols is 2. The average molecular weight is 408 g/mol. The van der Waals surface area contributed by atoms with Crippen LogP contribution >= 0.6 is 0 Å². The molecule has 2 aromatic carbocycles. The number of rotatable bonds is 6. The molecule has 6 nitrogen and oxygen atoms in total. The maximum absolute atomic E-state index is 12.8. The van der Waals surface area contributed by atoms with Crippen LogP contribution in [0.5, 0.6) is 11.5 Å². The summed E-state index contributed by atoms with van der Waals surface area (Å²) in [7, 11) is 0. The first-order valence-electron chi connectivity index (χ1n) is 9.55. The summed E-state index contributed by atoms with van der Waals surface area (Å²) in [6.45, 7) is 5.22. The first-order valence-corrected chi connectivity index (χ1v) is 9.55. The maximum Gasteiger partial charge on any atom is 0.375 e. The van der Waals surface area contributed by atoms with Crippen LogP contribution in [-0.4, -0.2) is 32.7 Å². The van der Waals surface area contributed by atoms with Gasteiger partial charge in [0.15, 0.2) is 5.78 Å². The van der Waals surface area contributed by atoms with E-state index in [1.165, 1.54) is 37.3 Å². The molecule has 0 aliphatic carbocycles. The highest BCUT2D eigenvalue weighted by molar-refractivity contribution is 6.12. The van der Waals surface area contributed by atoms with E-state index >= 15 is 0 Å². The number of phenolic OH excluding ortho intramolecular Hbond substituents is 2. The van der Waals surface area contributed by atoms with Gasteiger partial charge in [0.25, 0.3) is 0 Å². The van der Waals surface area contributed by atoms with E-state index in [4.69, 9.17) is 4.74 Å². The topological polar surface area (TPSA) is 104 Å². The van der Waals surface area contributed by atoms with E-state index in [1.54, 1.807) is 12.1 Å². The molecule has 3 rings (SSSR count). The molecule has 0 aromatic heterocycles. The minimum Gasteiger partial charge on any atom is -0.508 e. The molecule has 156 valence electrons. The Bertz CT molecular complexity index is 1060. The molecule has 1 atom stereocenters. The van der Waals surface area contributed by atoms with E-state index in [-0.39, 0.29) is 23.5 Å². The predicted molar refractivity (Wildman–Crippen MR) is 112 cm³/mol. The lowest BCUT2D eigenvalue weighted by Gasteiger charge is -2.28. The fourth-order valence-electron chi connectivity index (χ4n) is 3.56. The van der Waals surface area contributed by atoms with Crippen molar-refractivity contribution in [2.45, 2.75) is 39.2 Å². The van der Waals surface area contributed by atoms with E-state index in [9.17, 15) is 24.9 Å². The zero-order valence-electron chi connectivity index (χ0n) is 17.1. The molecule has 3 N–H and O–H groups in total. The smallest absolute Gasteiger partial charge is 0.375 e. The molecule has 1 heterocycles. The Morgan fingerprint density at radius 3 is 2.30 bits per heavy atom. The summed E-state index contributed by atoms with van der Waals surface area (Å²) >= 11 is 0. The fourth-order valence-corrected chi connectivity index (χ4v) is 3.56. The number of aliphatic hydroxyl groups excluding tert-OH is 1. The monoisotopic (exact) mass is 408 g/mol. The normalized spacial score (nSPS) is 18.3. The standard InChI is InChI=1S/C24H24O6/c1-14(2)4-6-18-12-16(5-11-20(18)27)13-24(15(3)25)21(22(28)23(29)30-24)17-7-9-19(26)10-8-17/h4-5,7-12,26-28H,6,13H2,1-3H3/t24-/m0/s1. The Hall–Kier alpha value is -3.54. The van der Waals surface area contributed by atoms with Crippen LogP contribution < -0.4 is 0 Å². The largest absolute Gasteiger partial charge is 0.508 e. The van der Waals surface area contributed by atoms with Crippen molar-refractivity contribution < 1.29 is 29.6 Å². The van der Waals surface area contributed by atoms with Crippen molar-refractivity contribution in [3.8, 4) is 11.5 Å². The van der Waals surface area contributed by atoms with Gasteiger partial charge in [-0.2, -0.15) is 0 Å². The van der Waals surface area contributed by atoms with Crippen molar-refractivity contribution >= 4 is 17.3 Å². The van der Waals surface area contributed by atoms with Gasteiger partial charge in [-0.1, -0.05) is 35.9 Å². The lowest BCUT2D eigenvalue weighted by Crippen LogP contribution is -2.41. The van der Waals surface area contributed by atoms with E-state index in [0.717, 1.165) is 5.57 Å². The Kier molecular flexibility index (Phi) is 5.69. The number of cyclic esters (lactones) is 1. The van der Waals surface area contributed by atoms with Crippen LogP contribution in [0.2, 0.25) is 0 Å². The number of ketones is 1. The summed E-state index contributed by atoms with van der Waals surface area (Å²) < 4.78 is 5.44. The molecule has 1 aliphatic rings. The van der Waals surface area contributed by atoms with E-state index in [2.05, 4.69) is 0 Å². The number of aliphatic hydroxyl groups is 1.